The smallest absolute Gasteiger partial charge is 0.417 e. The molecule has 0 saturated carbocycles. The van der Waals surface area contributed by atoms with Crippen LogP contribution in [0, 0.1) is 0 Å². The molecule has 0 radical (unpaired) electrons. The molecule has 3 rings (SSSR count). The summed E-state index contributed by atoms with van der Waals surface area (Å²) < 4.78 is 75.0. The molecule has 40 heavy (non-hydrogen) atoms. The van der Waals surface area contributed by atoms with E-state index in [2.05, 4.69) is 10.6 Å². The lowest BCUT2D eigenvalue weighted by Gasteiger charge is -2.17. The van der Waals surface area contributed by atoms with Gasteiger partial charge in [-0.1, -0.05) is 24.3 Å². The molecule has 0 fully saturated rings. The van der Waals surface area contributed by atoms with Gasteiger partial charge in [-0.3, -0.25) is 4.79 Å². The summed E-state index contributed by atoms with van der Waals surface area (Å²) in [6, 6.07) is 13.9. The minimum atomic E-state index is -4.53. The van der Waals surface area contributed by atoms with E-state index in [9.17, 15) is 26.4 Å². The third-order valence-electron chi connectivity index (χ3n) is 6.15. The molecule has 0 atom stereocenters. The number of halogens is 3. The van der Waals surface area contributed by atoms with Gasteiger partial charge < -0.3 is 20.1 Å². The van der Waals surface area contributed by atoms with Crippen LogP contribution in [-0.4, -0.2) is 48.2 Å². The lowest BCUT2D eigenvalue weighted by atomic mass is 9.92. The molecule has 0 aromatic heterocycles. The van der Waals surface area contributed by atoms with Crippen LogP contribution in [0.5, 0.6) is 5.75 Å². The molecule has 0 aliphatic carbocycles. The molecular weight excluding hydrogens is 547 g/mol. The molecule has 8 nitrogen and oxygen atoms in total. The summed E-state index contributed by atoms with van der Waals surface area (Å²) in [5, 5.41) is 11.2. The number of nitrogens with one attached hydrogen (secondary N) is 2. The standard InChI is InChI=1S/C28H32F3N3O5S/c1-38-16-15-33-14-6-5-7-19-17-21(11-12-22(19)23-8-3-4-9-24(23)28(29,30)31)34-27(35)20-10-13-26(40(32,36)37)25(18-20)39-2/h3-4,8-13,17-18,33H,5-7,14-16H2,1-2H3,(H,34,35)(H2,32,36,37). The molecule has 1 amide bonds. The number of carbonyl (C=O) groups is 1. The summed E-state index contributed by atoms with van der Waals surface area (Å²) >= 11 is 0. The highest BCUT2D eigenvalue weighted by molar-refractivity contribution is 7.89. The number of carbonyl (C=O) groups excluding carboxylic acids is 1. The molecular formula is C28H32F3N3O5S. The van der Waals surface area contributed by atoms with E-state index in [1.165, 1.54) is 43.5 Å². The maximum Gasteiger partial charge on any atom is 0.417 e. The Morgan fingerprint density at radius 2 is 1.70 bits per heavy atom. The number of nitrogens with two attached hydrogens (primary N) is 1. The van der Waals surface area contributed by atoms with E-state index in [1.807, 2.05) is 0 Å². The molecule has 3 aromatic carbocycles. The quantitative estimate of drug-likeness (QED) is 0.249. The van der Waals surface area contributed by atoms with Crippen LogP contribution < -0.4 is 20.5 Å². The number of ether oxygens (including phenoxy) is 2. The van der Waals surface area contributed by atoms with E-state index in [4.69, 9.17) is 14.6 Å². The zero-order valence-electron chi connectivity index (χ0n) is 22.2. The first-order chi connectivity index (χ1) is 19.0. The van der Waals surface area contributed by atoms with Gasteiger partial charge >= 0.3 is 6.18 Å². The van der Waals surface area contributed by atoms with Crippen molar-refractivity contribution in [3.05, 3.63) is 77.4 Å². The van der Waals surface area contributed by atoms with Gasteiger partial charge in [0.05, 0.1) is 19.3 Å². The van der Waals surface area contributed by atoms with E-state index < -0.39 is 27.7 Å². The zero-order valence-corrected chi connectivity index (χ0v) is 23.0. The number of methoxy groups -OCH3 is 2. The lowest BCUT2D eigenvalue weighted by Crippen LogP contribution is -2.20. The number of rotatable bonds is 13. The Hall–Kier alpha value is -3.45. The van der Waals surface area contributed by atoms with Crippen LogP contribution in [0.4, 0.5) is 18.9 Å². The van der Waals surface area contributed by atoms with E-state index in [0.29, 0.717) is 42.8 Å². The molecule has 3 aromatic rings. The number of hydrogen-bond acceptors (Lipinski definition) is 6. The van der Waals surface area contributed by atoms with Crippen molar-refractivity contribution in [3.8, 4) is 16.9 Å². The molecule has 0 heterocycles. The number of hydrogen-bond donors (Lipinski definition) is 3. The molecule has 0 aliphatic heterocycles. The third-order valence-corrected chi connectivity index (χ3v) is 7.10. The van der Waals surface area contributed by atoms with Gasteiger partial charge in [0, 0.05) is 24.9 Å². The van der Waals surface area contributed by atoms with Crippen LogP contribution >= 0.6 is 0 Å². The highest BCUT2D eigenvalue weighted by Crippen LogP contribution is 2.39. The molecule has 0 bridgehead atoms. The van der Waals surface area contributed by atoms with Crippen molar-refractivity contribution in [2.75, 3.05) is 39.2 Å². The highest BCUT2D eigenvalue weighted by Gasteiger charge is 2.33. The minimum absolute atomic E-state index is 0.0596. The predicted molar refractivity (Wildman–Crippen MR) is 147 cm³/mol. The Bertz CT molecular complexity index is 1430. The van der Waals surface area contributed by atoms with Gasteiger partial charge in [-0.05, 0) is 78.9 Å². The van der Waals surface area contributed by atoms with Crippen LogP contribution in [0.2, 0.25) is 0 Å². The van der Waals surface area contributed by atoms with Crippen molar-refractivity contribution in [2.45, 2.75) is 30.3 Å². The van der Waals surface area contributed by atoms with Crippen molar-refractivity contribution in [1.82, 2.24) is 5.32 Å². The van der Waals surface area contributed by atoms with Gasteiger partial charge in [0.25, 0.3) is 5.91 Å². The van der Waals surface area contributed by atoms with Gasteiger partial charge in [-0.25, -0.2) is 13.6 Å². The van der Waals surface area contributed by atoms with Crippen molar-refractivity contribution >= 4 is 21.6 Å². The van der Waals surface area contributed by atoms with E-state index in [1.54, 1.807) is 25.3 Å². The number of alkyl halides is 3. The Morgan fingerprint density at radius 3 is 2.38 bits per heavy atom. The van der Waals surface area contributed by atoms with Gasteiger partial charge in [-0.15, -0.1) is 0 Å². The van der Waals surface area contributed by atoms with Crippen molar-refractivity contribution in [2.24, 2.45) is 5.14 Å². The largest absolute Gasteiger partial charge is 0.495 e. The van der Waals surface area contributed by atoms with E-state index in [-0.39, 0.29) is 21.8 Å². The summed E-state index contributed by atoms with van der Waals surface area (Å²) in [5.41, 5.74) is 0.882. The van der Waals surface area contributed by atoms with Crippen molar-refractivity contribution in [3.63, 3.8) is 0 Å². The summed E-state index contributed by atoms with van der Waals surface area (Å²) in [6.07, 6.45) is -2.57. The second-order valence-corrected chi connectivity index (χ2v) is 10.5. The lowest BCUT2D eigenvalue weighted by molar-refractivity contribution is -0.137. The minimum Gasteiger partial charge on any atom is -0.495 e. The third kappa shape index (κ3) is 8.28. The Kier molecular flexibility index (Phi) is 10.7. The van der Waals surface area contributed by atoms with E-state index >= 15 is 0 Å². The van der Waals surface area contributed by atoms with Gasteiger partial charge in [0.1, 0.15) is 10.6 Å². The van der Waals surface area contributed by atoms with Crippen LogP contribution in [-0.2, 0) is 27.4 Å². The fraction of sp³-hybridized carbons (Fsp3) is 0.321. The Labute approximate surface area is 231 Å². The maximum atomic E-state index is 13.8. The van der Waals surface area contributed by atoms with Crippen molar-refractivity contribution < 1.29 is 35.9 Å². The first-order valence-corrected chi connectivity index (χ1v) is 14.0. The number of unbranched alkanes of at least 4 members (excludes halogenated alkanes) is 1. The fourth-order valence-corrected chi connectivity index (χ4v) is 4.90. The second-order valence-electron chi connectivity index (χ2n) is 8.98. The maximum absolute atomic E-state index is 13.8. The highest BCUT2D eigenvalue weighted by atomic mass is 32.2. The van der Waals surface area contributed by atoms with Crippen LogP contribution in [0.25, 0.3) is 11.1 Å². The fourth-order valence-electron chi connectivity index (χ4n) is 4.22. The van der Waals surface area contributed by atoms with Gasteiger partial charge in [0.15, 0.2) is 0 Å². The summed E-state index contributed by atoms with van der Waals surface area (Å²) in [6.45, 7) is 2.01. The normalized spacial score (nSPS) is 11.8. The molecule has 0 aliphatic rings. The second kappa shape index (κ2) is 13.8. The van der Waals surface area contributed by atoms with Crippen LogP contribution in [0.3, 0.4) is 0 Å². The Morgan fingerprint density at radius 1 is 0.950 bits per heavy atom. The molecule has 216 valence electrons. The number of primary sulfonamides is 1. The molecule has 0 spiro atoms. The number of aryl methyl sites for hydroxylation is 1. The molecule has 4 N–H and O–H groups in total. The molecule has 0 unspecified atom stereocenters. The summed E-state index contributed by atoms with van der Waals surface area (Å²) in [5.74, 6) is -0.648. The first-order valence-electron chi connectivity index (χ1n) is 12.5. The topological polar surface area (TPSA) is 120 Å². The Balaban J connectivity index is 1.89. The summed E-state index contributed by atoms with van der Waals surface area (Å²) in [7, 11) is -1.20. The number of amides is 1. The SMILES string of the molecule is COCCNCCCCc1cc(NC(=O)c2ccc(S(N)(=O)=O)c(OC)c2)ccc1-c1ccccc1C(F)(F)F. The first kappa shape index (κ1) is 31.1. The average Bonchev–Trinajstić information content (AvgIpc) is 2.91. The van der Waals surface area contributed by atoms with Crippen LogP contribution in [0.15, 0.2) is 65.6 Å². The number of anilines is 1. The van der Waals surface area contributed by atoms with Gasteiger partial charge in [0.2, 0.25) is 10.0 Å². The molecule has 12 heteroatoms. The average molecular weight is 580 g/mol. The van der Waals surface area contributed by atoms with Crippen LogP contribution in [0.1, 0.15) is 34.3 Å². The number of sulfonamides is 1. The predicted octanol–water partition coefficient (Wildman–Crippen LogP) is 4.84. The monoisotopic (exact) mass is 579 g/mol. The van der Waals surface area contributed by atoms with E-state index in [0.717, 1.165) is 19.0 Å². The zero-order chi connectivity index (χ0) is 29.3. The molecule has 0 saturated heterocycles. The summed E-state index contributed by atoms with van der Waals surface area (Å²) in [4.78, 5) is 12.7. The van der Waals surface area contributed by atoms with Crippen molar-refractivity contribution in [1.29, 1.82) is 0 Å². The van der Waals surface area contributed by atoms with Gasteiger partial charge in [-0.2, -0.15) is 13.2 Å². The number of benzene rings is 3.